The zero-order chi connectivity index (χ0) is 21.7. The number of rotatable bonds is 7. The smallest absolute Gasteiger partial charge is 0.243 e. The molecule has 30 heavy (non-hydrogen) atoms. The van der Waals surface area contributed by atoms with Gasteiger partial charge in [0.05, 0.1) is 25.2 Å². The summed E-state index contributed by atoms with van der Waals surface area (Å²) >= 11 is 0. The van der Waals surface area contributed by atoms with Gasteiger partial charge in [-0.05, 0) is 48.9 Å². The zero-order valence-electron chi connectivity index (χ0n) is 17.0. The molecule has 0 unspecified atom stereocenters. The van der Waals surface area contributed by atoms with E-state index in [4.69, 9.17) is 4.74 Å². The zero-order valence-corrected chi connectivity index (χ0v) is 17.9. The lowest BCUT2D eigenvalue weighted by Crippen LogP contribution is -2.47. The van der Waals surface area contributed by atoms with Gasteiger partial charge in [0.1, 0.15) is 11.9 Å². The van der Waals surface area contributed by atoms with Crippen molar-refractivity contribution in [2.45, 2.75) is 19.5 Å². The van der Waals surface area contributed by atoms with E-state index in [1.54, 1.807) is 0 Å². The van der Waals surface area contributed by atoms with Gasteiger partial charge in [-0.3, -0.25) is 9.10 Å². The number of hydrogen-bond acceptors (Lipinski definition) is 5. The molecule has 0 spiro atoms. The highest BCUT2D eigenvalue weighted by Gasteiger charge is 2.29. The van der Waals surface area contributed by atoms with E-state index in [2.05, 4.69) is 10.2 Å². The first kappa shape index (κ1) is 22.0. The molecule has 1 amide bonds. The third-order valence-electron chi connectivity index (χ3n) is 4.95. The molecule has 1 atom stereocenters. The van der Waals surface area contributed by atoms with E-state index in [-0.39, 0.29) is 12.2 Å². The molecule has 1 heterocycles. The van der Waals surface area contributed by atoms with Gasteiger partial charge in [0.15, 0.2) is 0 Å². The molecule has 0 saturated carbocycles. The highest BCUT2D eigenvalue weighted by Crippen LogP contribution is 2.21. The minimum Gasteiger partial charge on any atom is -0.378 e. The second-order valence-corrected chi connectivity index (χ2v) is 9.05. The topological polar surface area (TPSA) is 79.0 Å². The van der Waals surface area contributed by atoms with Crippen molar-refractivity contribution in [3.8, 4) is 0 Å². The van der Waals surface area contributed by atoms with Crippen molar-refractivity contribution in [2.75, 3.05) is 41.8 Å². The normalized spacial score (nSPS) is 15.5. The number of carbonyl (C=O) groups is 1. The molecule has 1 saturated heterocycles. The summed E-state index contributed by atoms with van der Waals surface area (Å²) in [6.07, 6.45) is 1.02. The Morgan fingerprint density at radius 2 is 1.73 bits per heavy atom. The van der Waals surface area contributed by atoms with Crippen LogP contribution < -0.4 is 14.5 Å². The molecule has 1 aliphatic heterocycles. The maximum atomic E-state index is 13.2. The first-order valence-corrected chi connectivity index (χ1v) is 11.5. The van der Waals surface area contributed by atoms with E-state index in [0.29, 0.717) is 13.2 Å². The minimum absolute atomic E-state index is 0.233. The monoisotopic (exact) mass is 435 g/mol. The second-order valence-electron chi connectivity index (χ2n) is 7.19. The number of amides is 1. The van der Waals surface area contributed by atoms with Crippen molar-refractivity contribution in [3.05, 3.63) is 59.9 Å². The fourth-order valence-electron chi connectivity index (χ4n) is 3.38. The Hall–Kier alpha value is -2.65. The number of sulfonamides is 1. The minimum atomic E-state index is -3.74. The van der Waals surface area contributed by atoms with E-state index >= 15 is 0 Å². The molecule has 0 aromatic heterocycles. The lowest BCUT2D eigenvalue weighted by molar-refractivity contribution is -0.122. The van der Waals surface area contributed by atoms with E-state index < -0.39 is 27.8 Å². The molecular formula is C21H26FN3O4S. The number of carbonyl (C=O) groups excluding carboxylic acids is 1. The SMILES string of the molecule is C[C@H](C(=O)NCc1ccc(N2CCOCC2)cc1)N(c1ccc(F)cc1)S(C)(=O)=O. The van der Waals surface area contributed by atoms with Gasteiger partial charge < -0.3 is 15.0 Å². The molecule has 162 valence electrons. The van der Waals surface area contributed by atoms with Crippen LogP contribution in [-0.4, -0.2) is 52.9 Å². The van der Waals surface area contributed by atoms with Gasteiger partial charge in [-0.2, -0.15) is 0 Å². The lowest BCUT2D eigenvalue weighted by Gasteiger charge is -2.29. The highest BCUT2D eigenvalue weighted by molar-refractivity contribution is 7.92. The van der Waals surface area contributed by atoms with Gasteiger partial charge in [-0.25, -0.2) is 12.8 Å². The van der Waals surface area contributed by atoms with Crippen LogP contribution in [0.1, 0.15) is 12.5 Å². The molecule has 3 rings (SSSR count). The van der Waals surface area contributed by atoms with Crippen molar-refractivity contribution in [2.24, 2.45) is 0 Å². The Morgan fingerprint density at radius 3 is 2.30 bits per heavy atom. The Kier molecular flexibility index (Phi) is 6.94. The second kappa shape index (κ2) is 9.44. The summed E-state index contributed by atoms with van der Waals surface area (Å²) in [6.45, 7) is 4.88. The number of anilines is 2. The standard InChI is InChI=1S/C21H26FN3O4S/c1-16(25(30(2,27)28)20-9-5-18(22)6-10-20)21(26)23-15-17-3-7-19(8-4-17)24-11-13-29-14-12-24/h3-10,16H,11-15H2,1-2H3,(H,23,26)/t16-/m1/s1. The van der Waals surface area contributed by atoms with Crippen LogP contribution in [0.2, 0.25) is 0 Å². The molecule has 0 bridgehead atoms. The molecule has 1 aliphatic rings. The molecule has 9 heteroatoms. The summed E-state index contributed by atoms with van der Waals surface area (Å²) in [6, 6.07) is 11.9. The largest absolute Gasteiger partial charge is 0.378 e. The molecule has 2 aromatic carbocycles. The molecule has 0 aliphatic carbocycles. The highest BCUT2D eigenvalue weighted by atomic mass is 32.2. The molecule has 7 nitrogen and oxygen atoms in total. The van der Waals surface area contributed by atoms with Crippen LogP contribution in [0.5, 0.6) is 0 Å². The van der Waals surface area contributed by atoms with Crippen LogP contribution in [0.3, 0.4) is 0 Å². The summed E-state index contributed by atoms with van der Waals surface area (Å²) in [4.78, 5) is 14.9. The average molecular weight is 436 g/mol. The van der Waals surface area contributed by atoms with Gasteiger partial charge in [0.25, 0.3) is 0 Å². The van der Waals surface area contributed by atoms with Crippen molar-refractivity contribution >= 4 is 27.3 Å². The van der Waals surface area contributed by atoms with E-state index in [9.17, 15) is 17.6 Å². The van der Waals surface area contributed by atoms with Crippen LogP contribution in [0.15, 0.2) is 48.5 Å². The first-order chi connectivity index (χ1) is 14.3. The molecular weight excluding hydrogens is 409 g/mol. The molecule has 2 aromatic rings. The number of ether oxygens (including phenoxy) is 1. The number of hydrogen-bond donors (Lipinski definition) is 1. The summed E-state index contributed by atoms with van der Waals surface area (Å²) in [7, 11) is -3.74. The summed E-state index contributed by atoms with van der Waals surface area (Å²) in [5.41, 5.74) is 2.23. The summed E-state index contributed by atoms with van der Waals surface area (Å²) in [5, 5.41) is 2.78. The van der Waals surface area contributed by atoms with Crippen LogP contribution >= 0.6 is 0 Å². The third kappa shape index (κ3) is 5.48. The number of nitrogens with one attached hydrogen (secondary N) is 1. The third-order valence-corrected chi connectivity index (χ3v) is 6.19. The van der Waals surface area contributed by atoms with Crippen molar-refractivity contribution in [3.63, 3.8) is 0 Å². The Labute approximate surface area is 176 Å². The van der Waals surface area contributed by atoms with Crippen molar-refractivity contribution in [1.29, 1.82) is 0 Å². The number of nitrogens with zero attached hydrogens (tertiary/aromatic N) is 2. The maximum Gasteiger partial charge on any atom is 0.243 e. The average Bonchev–Trinajstić information content (AvgIpc) is 2.73. The summed E-state index contributed by atoms with van der Waals surface area (Å²) in [5.74, 6) is -0.924. The summed E-state index contributed by atoms with van der Waals surface area (Å²) < 4.78 is 44.1. The van der Waals surface area contributed by atoms with Crippen molar-refractivity contribution in [1.82, 2.24) is 5.32 Å². The van der Waals surface area contributed by atoms with Crippen LogP contribution in [0.25, 0.3) is 0 Å². The Balaban J connectivity index is 1.64. The first-order valence-electron chi connectivity index (χ1n) is 9.70. The van der Waals surface area contributed by atoms with Crippen LogP contribution in [0.4, 0.5) is 15.8 Å². The van der Waals surface area contributed by atoms with E-state index in [0.717, 1.165) is 47.0 Å². The quantitative estimate of drug-likeness (QED) is 0.721. The molecule has 0 radical (unpaired) electrons. The van der Waals surface area contributed by atoms with Gasteiger partial charge in [0, 0.05) is 25.3 Å². The predicted octanol–water partition coefficient (Wildman–Crippen LogP) is 2.13. The van der Waals surface area contributed by atoms with E-state index in [1.807, 2.05) is 24.3 Å². The molecule has 1 N–H and O–H groups in total. The number of morpholine rings is 1. The lowest BCUT2D eigenvalue weighted by atomic mass is 10.1. The maximum absolute atomic E-state index is 13.2. The predicted molar refractivity (Wildman–Crippen MR) is 115 cm³/mol. The fraction of sp³-hybridized carbons (Fsp3) is 0.381. The molecule has 1 fully saturated rings. The van der Waals surface area contributed by atoms with E-state index in [1.165, 1.54) is 19.1 Å². The Bertz CT molecular complexity index is 959. The van der Waals surface area contributed by atoms with Crippen molar-refractivity contribution < 1.29 is 22.3 Å². The van der Waals surface area contributed by atoms with Gasteiger partial charge in [-0.15, -0.1) is 0 Å². The van der Waals surface area contributed by atoms with Gasteiger partial charge in [-0.1, -0.05) is 12.1 Å². The number of halogens is 1. The Morgan fingerprint density at radius 1 is 1.13 bits per heavy atom. The van der Waals surface area contributed by atoms with Crippen LogP contribution in [-0.2, 0) is 26.1 Å². The fourth-order valence-corrected chi connectivity index (χ4v) is 4.55. The van der Waals surface area contributed by atoms with Crippen LogP contribution in [0, 0.1) is 5.82 Å². The van der Waals surface area contributed by atoms with Gasteiger partial charge >= 0.3 is 0 Å². The van der Waals surface area contributed by atoms with Gasteiger partial charge in [0.2, 0.25) is 15.9 Å². The number of benzene rings is 2.